The summed E-state index contributed by atoms with van der Waals surface area (Å²) in [6, 6.07) is 23.6. The summed E-state index contributed by atoms with van der Waals surface area (Å²) in [7, 11) is -33.5. The molecule has 2 fully saturated rings. The number of carboxylic acids is 2. The van der Waals surface area contributed by atoms with Gasteiger partial charge in [0.15, 0.2) is 58.5 Å². The molecule has 12 atom stereocenters. The molecule has 60 heteroatoms. The molecule has 2 aliphatic carbocycles. The third-order valence-corrected chi connectivity index (χ3v) is 26.9. The van der Waals surface area contributed by atoms with Crippen molar-refractivity contribution in [3.8, 4) is 56.4 Å². The number of aromatic nitrogens is 8. The van der Waals surface area contributed by atoms with Crippen molar-refractivity contribution in [1.29, 1.82) is 0 Å². The number of benzene rings is 6. The second kappa shape index (κ2) is 37.1. The molecule has 2 saturated heterocycles. The maximum Gasteiger partial charge on any atom is 0.480 e. The van der Waals surface area contributed by atoms with Crippen LogP contribution < -0.4 is 53.3 Å². The van der Waals surface area contributed by atoms with Gasteiger partial charge in [0.25, 0.3) is 11.8 Å². The lowest BCUT2D eigenvalue weighted by Gasteiger charge is -2.22. The van der Waals surface area contributed by atoms with Crippen LogP contribution in [-0.4, -0.2) is 221 Å². The number of hydrogen-bond donors (Lipinski definition) is 22. The van der Waals surface area contributed by atoms with Gasteiger partial charge in [-0.3, -0.25) is 37.4 Å². The Kier molecular flexibility index (Phi) is 27.1. The molecule has 4 aromatic carbocycles. The maximum absolute atomic E-state index is 13.4. The zero-order valence-electron chi connectivity index (χ0n) is 64.0. The largest absolute Gasteiger partial charge is 0.508 e. The molecular weight excluding hydrogens is 1830 g/mol. The number of aromatic carboxylic acids is 2. The molecule has 8 aromatic rings. The molecule has 8 heterocycles. The van der Waals surface area contributed by atoms with E-state index in [9.17, 15) is 116 Å². The highest BCUT2D eigenvalue weighted by molar-refractivity contribution is 7.71. The molecule has 4 unspecified atom stereocenters. The van der Waals surface area contributed by atoms with Gasteiger partial charge < -0.3 is 130 Å². The number of carbonyl (C=O) groups excluding carboxylic acids is 4. The fourth-order valence-electron chi connectivity index (χ4n) is 13.2. The Balaban J connectivity index is 0.000000219. The molecule has 14 rings (SSSR count). The number of carboxylic acid groups (broad SMARTS) is 2. The van der Waals surface area contributed by atoms with Gasteiger partial charge in [0.2, 0.25) is 0 Å². The first-order valence-electron chi connectivity index (χ1n) is 36.1. The highest BCUT2D eigenvalue weighted by Crippen LogP contribution is 2.63. The second-order valence-electron chi connectivity index (χ2n) is 27.2. The van der Waals surface area contributed by atoms with Gasteiger partial charge in [0.05, 0.1) is 37.0 Å². The first kappa shape index (κ1) is 93.3. The molecule has 0 spiro atoms. The number of aromatic hydroxyl groups is 2. The lowest BCUT2D eigenvalue weighted by Crippen LogP contribution is -2.42. The minimum Gasteiger partial charge on any atom is -0.508 e. The van der Waals surface area contributed by atoms with Crippen LogP contribution in [0.5, 0.6) is 11.5 Å². The van der Waals surface area contributed by atoms with E-state index in [1.807, 2.05) is 0 Å². The van der Waals surface area contributed by atoms with E-state index < -0.39 is 156 Å². The fraction of sp³-hybridized carbons (Fsp3) is 0.206. The monoisotopic (exact) mass is 1900 g/mol. The third kappa shape index (κ3) is 21.7. The highest BCUT2D eigenvalue weighted by Gasteiger charge is 2.52. The molecule has 6 aliphatic rings. The number of hydrogen-bond acceptors (Lipinski definition) is 36. The molecule has 0 saturated carbocycles. The summed E-state index contributed by atoms with van der Waals surface area (Å²) in [6.45, 7) is -3.35. The summed E-state index contributed by atoms with van der Waals surface area (Å²) >= 11 is 0. The van der Waals surface area contributed by atoms with Crippen molar-refractivity contribution in [2.75, 3.05) is 50.9 Å². The zero-order valence-corrected chi connectivity index (χ0v) is 69.4. The number of aliphatic hydroxyl groups is 2. The van der Waals surface area contributed by atoms with Gasteiger partial charge in [0.1, 0.15) is 82.3 Å². The minimum absolute atomic E-state index is 0.0130. The van der Waals surface area contributed by atoms with Crippen LogP contribution in [0, 0.1) is 0 Å². The van der Waals surface area contributed by atoms with E-state index in [1.54, 1.807) is 0 Å². The highest BCUT2D eigenvalue weighted by atomic mass is 31.3. The summed E-state index contributed by atoms with van der Waals surface area (Å²) in [5, 5.41) is 73.5. The number of nitrogens with zero attached hydrogens (tertiary/aromatic N) is 8. The van der Waals surface area contributed by atoms with Crippen molar-refractivity contribution in [3.63, 3.8) is 0 Å². The van der Waals surface area contributed by atoms with Crippen LogP contribution in [0.25, 0.3) is 89.2 Å². The number of amides is 4. The molecule has 4 aliphatic heterocycles. The number of nitrogen functional groups attached to an aromatic ring is 2. The molecule has 24 N–H and O–H groups in total. The second-order valence-corrected chi connectivity index (χ2v) is 36.7. The molecule has 676 valence electrons. The number of nitrogens with two attached hydrogens (primary N) is 2. The summed E-state index contributed by atoms with van der Waals surface area (Å²) in [5.74, 6) is -4.39. The number of aliphatic hydroxyl groups excluding tert-OH is 2. The van der Waals surface area contributed by atoms with Crippen molar-refractivity contribution >= 4 is 138 Å². The number of fused-ring (bicyclic) bond motifs is 6. The number of ether oxygens (including phenoxy) is 4. The molecule has 0 bridgehead atoms. The van der Waals surface area contributed by atoms with E-state index in [0.717, 1.165) is 39.6 Å². The van der Waals surface area contributed by atoms with Gasteiger partial charge in [-0.05, 0) is 96.1 Å². The van der Waals surface area contributed by atoms with Gasteiger partial charge in [0, 0.05) is 94.6 Å². The van der Waals surface area contributed by atoms with Crippen molar-refractivity contribution in [3.05, 3.63) is 177 Å². The number of imidazole rings is 2. The number of nitrogens with one attached hydrogen (secondary N) is 6. The quantitative estimate of drug-likeness (QED) is 0.0175. The van der Waals surface area contributed by atoms with E-state index >= 15 is 0 Å². The van der Waals surface area contributed by atoms with Crippen molar-refractivity contribution in [1.82, 2.24) is 70.0 Å². The predicted molar refractivity (Wildman–Crippen MR) is 431 cm³/mol. The fourth-order valence-corrected chi connectivity index (χ4v) is 20.1. The number of rotatable bonds is 30. The average molecular weight is 1900 g/mol. The normalized spacial score (nSPS) is 19.6. The number of carbonyl (C=O) groups is 6. The number of phenols is 2. The van der Waals surface area contributed by atoms with Crippen LogP contribution in [0.4, 0.5) is 21.2 Å². The van der Waals surface area contributed by atoms with E-state index in [0.29, 0.717) is 27.5 Å². The summed E-state index contributed by atoms with van der Waals surface area (Å²) < 4.78 is 125. The van der Waals surface area contributed by atoms with Gasteiger partial charge >= 0.3 is 70.8 Å². The minimum atomic E-state index is -5.67. The third-order valence-electron chi connectivity index (χ3n) is 18.5. The number of anilines is 2. The van der Waals surface area contributed by atoms with E-state index in [2.05, 4.69) is 64.3 Å². The predicted octanol–water partition coefficient (Wildman–Crippen LogP) is 2.78. The molecule has 0 radical (unpaired) electrons. The SMILES string of the molecule is Nc1ncnc2c1ncn2[C@@H]1O[C@H](COP(=O)(O)OP(=O)(O)NP(=O)(O)O)[C@@H](O)[C@H]1OC(=O)NCCNC(=O)c1ccc(C(=O)O)c(-c2c3ccc(=O)cc-3oc3cc(O)ccc23)c1.Nc1ncnc2c1ncn2[C@@H]1O[C@H](COP(=O)(O)OP(=O)(O)NP(=O)(O)O)[C@@H](OC(=O)NCCNC(=O)c2ccc(C(=O)O)c(-c3c4ccc(=O)cc-4oc4cc(O)ccc34)c2)[C@H]1O. The molecule has 128 heavy (non-hydrogen) atoms. The lowest BCUT2D eigenvalue weighted by atomic mass is 9.89. The van der Waals surface area contributed by atoms with Crippen LogP contribution in [0.3, 0.4) is 0 Å². The van der Waals surface area contributed by atoms with E-state index in [4.69, 9.17) is 63.3 Å². The summed E-state index contributed by atoms with van der Waals surface area (Å²) in [5.41, 5.74) is 12.3. The number of phosphoric ester groups is 2. The number of phosphoric acid groups is 2. The van der Waals surface area contributed by atoms with Gasteiger partial charge in [-0.25, -0.2) is 76.5 Å². The Morgan fingerprint density at radius 3 is 1.30 bits per heavy atom. The summed E-state index contributed by atoms with van der Waals surface area (Å²) in [6.07, 6.45) is -11.6. The van der Waals surface area contributed by atoms with Crippen LogP contribution in [0.2, 0.25) is 0 Å². The molecule has 4 amide bonds. The van der Waals surface area contributed by atoms with E-state index in [1.165, 1.54) is 114 Å². The van der Waals surface area contributed by atoms with Crippen molar-refractivity contribution in [2.45, 2.75) is 49.1 Å². The maximum atomic E-state index is 13.4. The number of phenolic OH excluding ortho intramolecular Hbond substituents is 2. The van der Waals surface area contributed by atoms with Gasteiger partial charge in [-0.1, -0.05) is 0 Å². The average Bonchev–Trinajstić information content (AvgIpc) is 0.894. The number of alkyl carbamates (subject to hydrolysis) is 2. The lowest BCUT2D eigenvalue weighted by molar-refractivity contribution is -0.0521. The van der Waals surface area contributed by atoms with E-state index in [-0.39, 0.29) is 133 Å². The first-order chi connectivity index (χ1) is 60.2. The Morgan fingerprint density at radius 2 is 0.867 bits per heavy atom. The van der Waals surface area contributed by atoms with Crippen LogP contribution in [0.15, 0.2) is 153 Å². The Hall–Kier alpha value is -12.4. The topological polar surface area (TPSA) is 834 Å². The van der Waals surface area contributed by atoms with Crippen LogP contribution in [-0.2, 0) is 64.0 Å². The smallest absolute Gasteiger partial charge is 0.480 e. The van der Waals surface area contributed by atoms with Crippen molar-refractivity contribution < 1.29 is 171 Å². The van der Waals surface area contributed by atoms with Gasteiger partial charge in [-0.15, -0.1) is 9.72 Å². The van der Waals surface area contributed by atoms with Crippen molar-refractivity contribution in [2.24, 2.45) is 0 Å². The molecular formula is C68H66N16O38P6. The van der Waals surface area contributed by atoms with Gasteiger partial charge in [-0.2, -0.15) is 8.62 Å². The van der Waals surface area contributed by atoms with Crippen LogP contribution >= 0.6 is 46.6 Å². The van der Waals surface area contributed by atoms with Crippen LogP contribution in [0.1, 0.15) is 53.9 Å². The first-order valence-corrected chi connectivity index (χ1v) is 45.4. The zero-order chi connectivity index (χ0) is 92.6. The summed E-state index contributed by atoms with van der Waals surface area (Å²) in [4.78, 5) is 203. The molecule has 54 nitrogen and oxygen atoms in total. The Labute approximate surface area is 710 Å². The Morgan fingerprint density at radius 1 is 0.461 bits per heavy atom. The molecule has 4 aromatic heterocycles. The standard InChI is InChI=1S/2C34H33N8O19P3/c35-29-26-30(39-13-38-29)42(14-40-26)32-27(45)28(24(59-32)12-57-64(55,56)61-63(53,54)41-62(50,51)52)60-34(49)37-8-7-36-31(46)15-1-4-18(33(47)48)21(9-15)25-19-5-2-16(43)10-22(19)58-23-11-17(44)3-6-20(23)25;35-29-26-30(39-13-38-29)42(14-40-26)32-28(27(45)24(59-32)12-57-64(55,56)61-63(53,54)41-62(50,51)52)60-34(49)37-8-7-36-31(46)15-1-4-18(33(47)48)21(9-15)25-19-5-2-16(43)10-22(19)58-23-11-17(44)3-6-20(23)25/h2*1-6,9-11,13-14,24,27-28,32,43,45H,7-8,12H2,(H,36,46)(H,37,49)(H,47,48)(H,55,56)(H2,35,38,39)(H4,41,50,51,52,53,54)/t2*24-,27-,28-,32-/m11/s1. The Bertz CT molecular complexity index is 6790.